The molecular formula is C12H14ClIN2O. The predicted molar refractivity (Wildman–Crippen MR) is 78.7 cm³/mol. The minimum Gasteiger partial charge on any atom is -0.381 e. The number of hydrogen-bond acceptors (Lipinski definition) is 3. The molecule has 0 atom stereocenters. The van der Waals surface area contributed by atoms with E-state index in [0.29, 0.717) is 15.1 Å². The number of carbonyl (C=O) groups is 1. The van der Waals surface area contributed by atoms with Crippen molar-refractivity contribution in [3.8, 4) is 0 Å². The Morgan fingerprint density at radius 1 is 1.53 bits per heavy atom. The Labute approximate surface area is 120 Å². The van der Waals surface area contributed by atoms with Crippen LogP contribution in [-0.4, -0.2) is 29.8 Å². The first-order chi connectivity index (χ1) is 7.95. The Kier molecular flexibility index (Phi) is 5.39. The summed E-state index contributed by atoms with van der Waals surface area (Å²) < 4.78 is 0.661. The lowest BCUT2D eigenvalue weighted by Crippen LogP contribution is -2.11. The molecule has 0 fully saturated rings. The maximum absolute atomic E-state index is 12.1. The average molecular weight is 365 g/mol. The number of rotatable bonds is 4. The third kappa shape index (κ3) is 3.96. The first-order valence-electron chi connectivity index (χ1n) is 5.07. The summed E-state index contributed by atoms with van der Waals surface area (Å²) in [6, 6.07) is 3.37. The van der Waals surface area contributed by atoms with Crippen LogP contribution >= 0.6 is 34.2 Å². The lowest BCUT2D eigenvalue weighted by molar-refractivity contribution is 0.104. The number of alkyl halides is 1. The quantitative estimate of drug-likeness (QED) is 0.270. The fraction of sp³-hybridized carbons (Fsp3) is 0.333. The molecule has 0 unspecified atom stereocenters. The molecule has 17 heavy (non-hydrogen) atoms. The third-order valence-corrected chi connectivity index (χ3v) is 3.31. The highest BCUT2D eigenvalue weighted by Gasteiger charge is 2.11. The standard InChI is InChI=1S/C12H14ClIN2O/c1-8(16(2)3)6-11(17)9-4-5-12(13)15-10(9)7-14/h4-6H,7H2,1-3H3/b8-6+. The van der Waals surface area contributed by atoms with Gasteiger partial charge < -0.3 is 4.90 Å². The Morgan fingerprint density at radius 2 is 2.18 bits per heavy atom. The van der Waals surface area contributed by atoms with E-state index >= 15 is 0 Å². The molecule has 1 aromatic rings. The van der Waals surface area contributed by atoms with Gasteiger partial charge in [-0.25, -0.2) is 4.98 Å². The monoisotopic (exact) mass is 364 g/mol. The largest absolute Gasteiger partial charge is 0.381 e. The van der Waals surface area contributed by atoms with E-state index in [1.165, 1.54) is 0 Å². The molecule has 1 heterocycles. The number of halogens is 2. The van der Waals surface area contributed by atoms with Gasteiger partial charge in [0.05, 0.1) is 5.69 Å². The van der Waals surface area contributed by atoms with E-state index in [1.807, 2.05) is 25.9 Å². The van der Waals surface area contributed by atoms with E-state index in [1.54, 1.807) is 18.2 Å². The van der Waals surface area contributed by atoms with Crippen LogP contribution < -0.4 is 0 Å². The molecule has 0 aliphatic rings. The van der Waals surface area contributed by atoms with E-state index < -0.39 is 0 Å². The summed E-state index contributed by atoms with van der Waals surface area (Å²) in [5, 5.41) is 0.418. The first kappa shape index (κ1) is 14.4. The maximum atomic E-state index is 12.1. The van der Waals surface area contributed by atoms with Gasteiger partial charge in [-0.1, -0.05) is 34.2 Å². The van der Waals surface area contributed by atoms with Crippen LogP contribution in [0.4, 0.5) is 0 Å². The van der Waals surface area contributed by atoms with Gasteiger partial charge in [-0.15, -0.1) is 0 Å². The number of ketones is 1. The average Bonchev–Trinajstić information content (AvgIpc) is 2.28. The van der Waals surface area contributed by atoms with Gasteiger partial charge in [-0.05, 0) is 19.1 Å². The molecule has 0 aromatic carbocycles. The van der Waals surface area contributed by atoms with Crippen LogP contribution in [0.5, 0.6) is 0 Å². The second-order valence-electron chi connectivity index (χ2n) is 3.81. The number of pyridine rings is 1. The van der Waals surface area contributed by atoms with E-state index in [9.17, 15) is 4.79 Å². The highest BCUT2D eigenvalue weighted by molar-refractivity contribution is 14.1. The smallest absolute Gasteiger partial charge is 0.189 e. The zero-order valence-electron chi connectivity index (χ0n) is 10.00. The second kappa shape index (κ2) is 6.35. The topological polar surface area (TPSA) is 33.2 Å². The molecule has 0 bridgehead atoms. The SMILES string of the molecule is C/C(=C\C(=O)c1ccc(Cl)nc1CI)N(C)C. The van der Waals surface area contributed by atoms with Crippen molar-refractivity contribution in [2.45, 2.75) is 11.4 Å². The lowest BCUT2D eigenvalue weighted by Gasteiger charge is -2.12. The van der Waals surface area contributed by atoms with Crippen LogP contribution in [-0.2, 0) is 4.43 Å². The fourth-order valence-electron chi connectivity index (χ4n) is 1.20. The molecule has 0 aliphatic heterocycles. The van der Waals surface area contributed by atoms with Crippen molar-refractivity contribution in [2.24, 2.45) is 0 Å². The Balaban J connectivity index is 3.09. The van der Waals surface area contributed by atoms with Gasteiger partial charge in [0.15, 0.2) is 5.78 Å². The molecule has 92 valence electrons. The Morgan fingerprint density at radius 3 is 2.71 bits per heavy atom. The normalized spacial score (nSPS) is 11.5. The number of allylic oxidation sites excluding steroid dienone is 2. The van der Waals surface area contributed by atoms with Gasteiger partial charge in [0.1, 0.15) is 5.15 Å². The molecule has 0 amide bonds. The summed E-state index contributed by atoms with van der Waals surface area (Å²) in [5.74, 6) is -0.0352. The Bertz CT molecular complexity index is 458. The van der Waals surface area contributed by atoms with Gasteiger partial charge in [0, 0.05) is 35.9 Å². The number of carbonyl (C=O) groups excluding carboxylic acids is 1. The zero-order chi connectivity index (χ0) is 13.0. The zero-order valence-corrected chi connectivity index (χ0v) is 12.9. The van der Waals surface area contributed by atoms with Crippen molar-refractivity contribution >= 4 is 40.0 Å². The van der Waals surface area contributed by atoms with Crippen LogP contribution in [0.25, 0.3) is 0 Å². The molecule has 1 aromatic heterocycles. The molecule has 0 saturated carbocycles. The van der Waals surface area contributed by atoms with Crippen molar-refractivity contribution in [3.63, 3.8) is 0 Å². The summed E-state index contributed by atoms with van der Waals surface area (Å²) >= 11 is 7.98. The molecule has 0 aliphatic carbocycles. The molecule has 0 spiro atoms. The second-order valence-corrected chi connectivity index (χ2v) is 4.96. The lowest BCUT2D eigenvalue weighted by atomic mass is 10.1. The van der Waals surface area contributed by atoms with Crippen molar-refractivity contribution < 1.29 is 4.79 Å². The van der Waals surface area contributed by atoms with E-state index in [2.05, 4.69) is 27.6 Å². The van der Waals surface area contributed by atoms with Crippen molar-refractivity contribution in [1.29, 1.82) is 0 Å². The van der Waals surface area contributed by atoms with Crippen LogP contribution in [0.3, 0.4) is 0 Å². The van der Waals surface area contributed by atoms with Crippen molar-refractivity contribution in [2.75, 3.05) is 14.1 Å². The summed E-state index contributed by atoms with van der Waals surface area (Å²) in [4.78, 5) is 18.1. The summed E-state index contributed by atoms with van der Waals surface area (Å²) in [5.41, 5.74) is 2.25. The number of nitrogens with zero attached hydrogens (tertiary/aromatic N) is 2. The van der Waals surface area contributed by atoms with E-state index in [0.717, 1.165) is 11.4 Å². The molecule has 1 rings (SSSR count). The van der Waals surface area contributed by atoms with Crippen LogP contribution in [0, 0.1) is 0 Å². The van der Waals surface area contributed by atoms with Gasteiger partial charge in [0.25, 0.3) is 0 Å². The number of aromatic nitrogens is 1. The van der Waals surface area contributed by atoms with E-state index in [4.69, 9.17) is 11.6 Å². The highest BCUT2D eigenvalue weighted by Crippen LogP contribution is 2.16. The van der Waals surface area contributed by atoms with Crippen LogP contribution in [0.1, 0.15) is 23.0 Å². The maximum Gasteiger partial charge on any atom is 0.189 e. The van der Waals surface area contributed by atoms with Gasteiger partial charge in [-0.3, -0.25) is 4.79 Å². The van der Waals surface area contributed by atoms with Crippen molar-refractivity contribution in [3.05, 3.63) is 40.3 Å². The highest BCUT2D eigenvalue weighted by atomic mass is 127. The summed E-state index contributed by atoms with van der Waals surface area (Å²) in [6.07, 6.45) is 1.61. The molecule has 0 radical (unpaired) electrons. The van der Waals surface area contributed by atoms with Gasteiger partial charge >= 0.3 is 0 Å². The molecule has 5 heteroatoms. The predicted octanol–water partition coefficient (Wildman–Crippen LogP) is 3.32. The van der Waals surface area contributed by atoms with E-state index in [-0.39, 0.29) is 5.78 Å². The first-order valence-corrected chi connectivity index (χ1v) is 6.97. The fourth-order valence-corrected chi connectivity index (χ4v) is 1.94. The van der Waals surface area contributed by atoms with Gasteiger partial charge in [0.2, 0.25) is 0 Å². The van der Waals surface area contributed by atoms with Gasteiger partial charge in [-0.2, -0.15) is 0 Å². The van der Waals surface area contributed by atoms with Crippen LogP contribution in [0.15, 0.2) is 23.9 Å². The molecular weight excluding hydrogens is 351 g/mol. The Hall–Kier alpha value is -0.620. The minimum atomic E-state index is -0.0352. The van der Waals surface area contributed by atoms with Crippen molar-refractivity contribution in [1.82, 2.24) is 9.88 Å². The molecule has 3 nitrogen and oxygen atoms in total. The molecule has 0 saturated heterocycles. The minimum absolute atomic E-state index is 0.0352. The van der Waals surface area contributed by atoms with Crippen LogP contribution in [0.2, 0.25) is 5.15 Å². The molecule has 0 N–H and O–H groups in total. The number of hydrogen-bond donors (Lipinski definition) is 0. The third-order valence-electron chi connectivity index (χ3n) is 2.38. The summed E-state index contributed by atoms with van der Waals surface area (Å²) in [7, 11) is 3.80. The summed E-state index contributed by atoms with van der Waals surface area (Å²) in [6.45, 7) is 1.89.